The highest BCUT2D eigenvalue weighted by Crippen LogP contribution is 2.41. The molecule has 0 aliphatic carbocycles. The lowest BCUT2D eigenvalue weighted by Gasteiger charge is -2.36. The van der Waals surface area contributed by atoms with Crippen molar-refractivity contribution < 1.29 is 27.8 Å². The van der Waals surface area contributed by atoms with Crippen LogP contribution in [0.3, 0.4) is 0 Å². The second kappa shape index (κ2) is 11.6. The van der Waals surface area contributed by atoms with Gasteiger partial charge in [0.25, 0.3) is 0 Å². The monoisotopic (exact) mass is 588 g/mol. The lowest BCUT2D eigenvalue weighted by molar-refractivity contribution is 0.0531. The largest absolute Gasteiger partial charge is 0.485 e. The van der Waals surface area contributed by atoms with Crippen molar-refractivity contribution in [2.24, 2.45) is 0 Å². The first kappa shape index (κ1) is 28.1. The predicted octanol–water partition coefficient (Wildman–Crippen LogP) is 2.93. The standard InChI is InChI=1S/C26H32N6O6S2/c1-4-37-24(34)21-16(2)27-26(39-21)30-25-28-22(31-11-9-18(33)10-12-31)20-23(29-25)32(13-14-38-20)15-17-5-7-19(8-6-17)40(3,35)36/h5-8,18,33H,4,9-15H2,1-3H3,(H,27,28,29,30). The smallest absolute Gasteiger partial charge is 0.350 e. The number of carbonyl (C=O) groups is 1. The molecule has 0 radical (unpaired) electrons. The van der Waals surface area contributed by atoms with E-state index in [4.69, 9.17) is 19.4 Å². The van der Waals surface area contributed by atoms with Gasteiger partial charge in [-0.1, -0.05) is 23.5 Å². The number of nitrogens with one attached hydrogen (secondary N) is 1. The molecule has 3 aromatic rings. The maximum atomic E-state index is 12.3. The average Bonchev–Trinajstić information content (AvgIpc) is 3.29. The van der Waals surface area contributed by atoms with Crippen molar-refractivity contribution in [1.29, 1.82) is 0 Å². The number of nitrogens with zero attached hydrogens (tertiary/aromatic N) is 5. The van der Waals surface area contributed by atoms with E-state index >= 15 is 0 Å². The zero-order valence-corrected chi connectivity index (χ0v) is 24.2. The maximum Gasteiger partial charge on any atom is 0.350 e. The zero-order valence-electron chi connectivity index (χ0n) is 22.6. The number of ether oxygens (including phenoxy) is 2. The first-order valence-corrected chi connectivity index (χ1v) is 15.8. The summed E-state index contributed by atoms with van der Waals surface area (Å²) in [5, 5.41) is 13.7. The summed E-state index contributed by atoms with van der Waals surface area (Å²) in [7, 11) is -3.29. The summed E-state index contributed by atoms with van der Waals surface area (Å²) in [5.74, 6) is 1.65. The number of fused-ring (bicyclic) bond motifs is 1. The Morgan fingerprint density at radius 2 is 1.85 bits per heavy atom. The van der Waals surface area contributed by atoms with Gasteiger partial charge in [-0.2, -0.15) is 9.97 Å². The fourth-order valence-corrected chi connectivity index (χ4v) is 6.11. The van der Waals surface area contributed by atoms with E-state index in [0.29, 0.717) is 84.7 Å². The Kier molecular flexibility index (Phi) is 8.10. The van der Waals surface area contributed by atoms with Crippen LogP contribution >= 0.6 is 11.3 Å². The van der Waals surface area contributed by atoms with Crippen molar-refractivity contribution in [2.45, 2.75) is 44.2 Å². The van der Waals surface area contributed by atoms with Gasteiger partial charge in [-0.25, -0.2) is 18.2 Å². The minimum Gasteiger partial charge on any atom is -0.485 e. The molecule has 4 heterocycles. The van der Waals surface area contributed by atoms with Crippen LogP contribution < -0.4 is 19.9 Å². The number of sulfone groups is 1. The molecule has 40 heavy (non-hydrogen) atoms. The molecule has 2 N–H and O–H groups in total. The molecule has 2 aromatic heterocycles. The van der Waals surface area contributed by atoms with Gasteiger partial charge < -0.3 is 24.4 Å². The third-order valence-corrected chi connectivity index (χ3v) is 8.88. The first-order chi connectivity index (χ1) is 19.1. The minimum absolute atomic E-state index is 0.267. The fraction of sp³-hybridized carbons (Fsp3) is 0.462. The molecular formula is C26H32N6O6S2. The molecule has 214 valence electrons. The molecule has 2 aliphatic rings. The highest BCUT2D eigenvalue weighted by Gasteiger charge is 2.30. The molecule has 0 atom stereocenters. The van der Waals surface area contributed by atoms with Gasteiger partial charge in [0.05, 0.1) is 29.8 Å². The highest BCUT2D eigenvalue weighted by molar-refractivity contribution is 7.90. The summed E-state index contributed by atoms with van der Waals surface area (Å²) in [6.07, 6.45) is 2.07. The molecule has 12 nitrogen and oxygen atoms in total. The number of esters is 1. The molecular weight excluding hydrogens is 556 g/mol. The van der Waals surface area contributed by atoms with Crippen molar-refractivity contribution in [3.05, 3.63) is 40.4 Å². The fourth-order valence-electron chi connectivity index (χ4n) is 4.63. The number of thiazole rings is 1. The van der Waals surface area contributed by atoms with E-state index in [9.17, 15) is 18.3 Å². The third-order valence-electron chi connectivity index (χ3n) is 6.70. The topological polar surface area (TPSA) is 147 Å². The van der Waals surface area contributed by atoms with Crippen LogP contribution in [-0.4, -0.2) is 79.7 Å². The van der Waals surface area contributed by atoms with Crippen molar-refractivity contribution in [2.75, 3.05) is 54.2 Å². The number of piperidine rings is 1. The van der Waals surface area contributed by atoms with Crippen molar-refractivity contribution >= 4 is 49.9 Å². The van der Waals surface area contributed by atoms with E-state index in [-0.39, 0.29) is 17.6 Å². The van der Waals surface area contributed by atoms with E-state index in [1.54, 1.807) is 38.1 Å². The summed E-state index contributed by atoms with van der Waals surface area (Å²) in [6.45, 7) is 6.49. The SMILES string of the molecule is CCOC(=O)c1sc(Nc2nc(N3CCC(O)CC3)c3c(n2)N(Cc2ccc(S(C)(=O)=O)cc2)CCO3)nc1C. The zero-order chi connectivity index (χ0) is 28.4. The number of anilines is 4. The Labute approximate surface area is 236 Å². The van der Waals surface area contributed by atoms with E-state index in [2.05, 4.69) is 20.1 Å². The third kappa shape index (κ3) is 6.13. The number of rotatable bonds is 8. The molecule has 1 aromatic carbocycles. The van der Waals surface area contributed by atoms with Crippen molar-refractivity contribution in [3.63, 3.8) is 0 Å². The van der Waals surface area contributed by atoms with Gasteiger partial charge in [0.1, 0.15) is 11.5 Å². The number of aliphatic hydroxyl groups is 1. The van der Waals surface area contributed by atoms with Crippen LogP contribution in [-0.2, 0) is 21.1 Å². The van der Waals surface area contributed by atoms with Crippen molar-refractivity contribution in [3.8, 4) is 5.75 Å². The molecule has 1 fully saturated rings. The summed E-state index contributed by atoms with van der Waals surface area (Å²) < 4.78 is 35.0. The first-order valence-electron chi connectivity index (χ1n) is 13.1. The Balaban J connectivity index is 1.49. The van der Waals surface area contributed by atoms with E-state index in [0.717, 1.165) is 5.56 Å². The van der Waals surface area contributed by atoms with Gasteiger partial charge in [-0.3, -0.25) is 5.32 Å². The van der Waals surface area contributed by atoms with Crippen LogP contribution in [0.5, 0.6) is 5.75 Å². The summed E-state index contributed by atoms with van der Waals surface area (Å²) in [5.41, 5.74) is 1.47. The number of aromatic nitrogens is 3. The van der Waals surface area contributed by atoms with Gasteiger partial charge in [-0.15, -0.1) is 0 Å². The van der Waals surface area contributed by atoms with Gasteiger partial charge in [0, 0.05) is 25.9 Å². The predicted molar refractivity (Wildman–Crippen MR) is 152 cm³/mol. The summed E-state index contributed by atoms with van der Waals surface area (Å²) in [4.78, 5) is 31.2. The van der Waals surface area contributed by atoms with E-state index in [1.807, 2.05) is 0 Å². The average molecular weight is 589 g/mol. The number of carbonyl (C=O) groups excluding carboxylic acids is 1. The lowest BCUT2D eigenvalue weighted by atomic mass is 10.1. The van der Waals surface area contributed by atoms with Crippen LogP contribution in [0.15, 0.2) is 29.2 Å². The maximum absolute atomic E-state index is 12.3. The van der Waals surface area contributed by atoms with Gasteiger partial charge in [0.15, 0.2) is 26.6 Å². The normalized spacial score (nSPS) is 15.9. The second-order valence-electron chi connectivity index (χ2n) is 9.71. The van der Waals surface area contributed by atoms with Crippen LogP contribution in [0.4, 0.5) is 22.7 Å². The number of aryl methyl sites for hydroxylation is 1. The number of hydrogen-bond donors (Lipinski definition) is 2. The number of benzene rings is 1. The van der Waals surface area contributed by atoms with Crippen LogP contribution in [0.2, 0.25) is 0 Å². The van der Waals surface area contributed by atoms with Gasteiger partial charge in [-0.05, 0) is 44.4 Å². The molecule has 14 heteroatoms. The quantitative estimate of drug-likeness (QED) is 0.373. The summed E-state index contributed by atoms with van der Waals surface area (Å²) in [6, 6.07) is 6.81. The highest BCUT2D eigenvalue weighted by atomic mass is 32.2. The molecule has 0 spiro atoms. The Morgan fingerprint density at radius 1 is 1.15 bits per heavy atom. The molecule has 0 bridgehead atoms. The van der Waals surface area contributed by atoms with Gasteiger partial charge >= 0.3 is 5.97 Å². The van der Waals surface area contributed by atoms with E-state index in [1.165, 1.54) is 17.6 Å². The number of hydrogen-bond acceptors (Lipinski definition) is 13. The van der Waals surface area contributed by atoms with Gasteiger partial charge in [0.2, 0.25) is 11.7 Å². The lowest BCUT2D eigenvalue weighted by Crippen LogP contribution is -2.39. The van der Waals surface area contributed by atoms with Crippen molar-refractivity contribution in [1.82, 2.24) is 15.0 Å². The molecule has 2 aliphatic heterocycles. The van der Waals surface area contributed by atoms with Crippen LogP contribution in [0, 0.1) is 6.92 Å². The minimum atomic E-state index is -3.29. The Morgan fingerprint density at radius 3 is 2.52 bits per heavy atom. The summed E-state index contributed by atoms with van der Waals surface area (Å²) >= 11 is 1.17. The Bertz CT molecular complexity index is 1490. The van der Waals surface area contributed by atoms with Crippen LogP contribution in [0.25, 0.3) is 0 Å². The van der Waals surface area contributed by atoms with E-state index < -0.39 is 15.8 Å². The van der Waals surface area contributed by atoms with Crippen LogP contribution in [0.1, 0.15) is 40.7 Å². The molecule has 5 rings (SSSR count). The second-order valence-corrected chi connectivity index (χ2v) is 12.7. The Hall–Kier alpha value is -3.49. The molecule has 1 saturated heterocycles. The number of aliphatic hydroxyl groups excluding tert-OH is 1. The molecule has 0 unspecified atom stereocenters. The molecule has 0 amide bonds. The molecule has 0 saturated carbocycles.